The first kappa shape index (κ1) is 8.94. The van der Waals surface area contributed by atoms with Crippen LogP contribution in [0, 0.1) is 5.82 Å². The summed E-state index contributed by atoms with van der Waals surface area (Å²) in [7, 11) is 0. The van der Waals surface area contributed by atoms with Gasteiger partial charge in [-0.05, 0) is 24.6 Å². The van der Waals surface area contributed by atoms with E-state index in [9.17, 15) is 9.18 Å². The average molecular weight is 191 g/mol. The molecule has 0 saturated heterocycles. The van der Waals surface area contributed by atoms with E-state index >= 15 is 0 Å². The van der Waals surface area contributed by atoms with Gasteiger partial charge in [0.1, 0.15) is 11.6 Å². The second kappa shape index (κ2) is 3.25. The molecule has 0 spiro atoms. The molecule has 1 N–H and O–H groups in total. The van der Waals surface area contributed by atoms with E-state index in [1.165, 1.54) is 13.0 Å². The molecule has 0 atom stereocenters. The van der Waals surface area contributed by atoms with Crippen molar-refractivity contribution in [3.05, 3.63) is 35.8 Å². The molecule has 0 aliphatic carbocycles. The molecule has 1 heterocycles. The number of benzene rings is 1. The highest BCUT2D eigenvalue weighted by molar-refractivity contribution is 5.89. The van der Waals surface area contributed by atoms with Crippen molar-refractivity contribution in [2.45, 2.75) is 13.3 Å². The van der Waals surface area contributed by atoms with Crippen molar-refractivity contribution < 1.29 is 9.18 Å². The molecular formula is C11H10FNO. The number of Topliss-reactive ketones (excluding diaryl/α,β-unsaturated/α-hetero) is 1. The van der Waals surface area contributed by atoms with Crippen molar-refractivity contribution in [3.63, 3.8) is 0 Å². The van der Waals surface area contributed by atoms with Gasteiger partial charge in [-0.25, -0.2) is 4.39 Å². The lowest BCUT2D eigenvalue weighted by molar-refractivity contribution is -0.116. The highest BCUT2D eigenvalue weighted by Gasteiger charge is 2.09. The van der Waals surface area contributed by atoms with Crippen LogP contribution in [0.5, 0.6) is 0 Å². The zero-order chi connectivity index (χ0) is 10.1. The molecule has 2 rings (SSSR count). The molecule has 14 heavy (non-hydrogen) atoms. The van der Waals surface area contributed by atoms with E-state index in [-0.39, 0.29) is 18.0 Å². The van der Waals surface area contributed by atoms with Crippen LogP contribution >= 0.6 is 0 Å². The Morgan fingerprint density at radius 1 is 1.50 bits per heavy atom. The molecule has 3 heteroatoms. The summed E-state index contributed by atoms with van der Waals surface area (Å²) in [6, 6.07) is 4.84. The number of nitrogens with one attached hydrogen (secondary N) is 1. The summed E-state index contributed by atoms with van der Waals surface area (Å²) in [6.45, 7) is 1.50. The topological polar surface area (TPSA) is 32.9 Å². The quantitative estimate of drug-likeness (QED) is 0.777. The molecule has 0 aliphatic heterocycles. The van der Waals surface area contributed by atoms with Gasteiger partial charge in [0.2, 0.25) is 0 Å². The minimum atomic E-state index is -0.278. The van der Waals surface area contributed by atoms with Gasteiger partial charge >= 0.3 is 0 Å². The Hall–Kier alpha value is -1.64. The van der Waals surface area contributed by atoms with Gasteiger partial charge in [0.05, 0.1) is 0 Å². The summed E-state index contributed by atoms with van der Waals surface area (Å²) in [5.41, 5.74) is 1.46. The number of hydrogen-bond acceptors (Lipinski definition) is 1. The Morgan fingerprint density at radius 2 is 2.29 bits per heavy atom. The van der Waals surface area contributed by atoms with Crippen LogP contribution in [0.1, 0.15) is 12.5 Å². The average Bonchev–Trinajstić information content (AvgIpc) is 2.49. The third-order valence-electron chi connectivity index (χ3n) is 2.18. The van der Waals surface area contributed by atoms with E-state index in [2.05, 4.69) is 4.98 Å². The second-order valence-corrected chi connectivity index (χ2v) is 3.36. The fourth-order valence-electron chi connectivity index (χ4n) is 1.62. The molecule has 72 valence electrons. The fourth-order valence-corrected chi connectivity index (χ4v) is 1.62. The molecule has 2 aromatic rings. The maximum Gasteiger partial charge on any atom is 0.134 e. The Kier molecular flexibility index (Phi) is 2.08. The second-order valence-electron chi connectivity index (χ2n) is 3.36. The third-order valence-corrected chi connectivity index (χ3v) is 2.18. The SMILES string of the molecule is CC(=O)Cc1c[nH]c2cccc(F)c12. The van der Waals surface area contributed by atoms with E-state index < -0.39 is 0 Å². The zero-order valence-electron chi connectivity index (χ0n) is 7.80. The predicted octanol–water partition coefficient (Wildman–Crippen LogP) is 2.44. The Labute approximate surface area is 80.7 Å². The summed E-state index contributed by atoms with van der Waals surface area (Å²) in [5.74, 6) is -0.242. The Bertz CT molecular complexity index is 487. The number of H-pyrrole nitrogens is 1. The number of aromatic amines is 1. The minimum absolute atomic E-state index is 0.0363. The van der Waals surface area contributed by atoms with Gasteiger partial charge in [-0.1, -0.05) is 6.07 Å². The van der Waals surface area contributed by atoms with Gasteiger partial charge in [-0.15, -0.1) is 0 Å². The molecule has 1 aromatic heterocycles. The van der Waals surface area contributed by atoms with Crippen LogP contribution in [-0.4, -0.2) is 10.8 Å². The lowest BCUT2D eigenvalue weighted by atomic mass is 10.1. The highest BCUT2D eigenvalue weighted by atomic mass is 19.1. The van der Waals surface area contributed by atoms with Gasteiger partial charge in [-0.2, -0.15) is 0 Å². The molecule has 0 saturated carbocycles. The van der Waals surface area contributed by atoms with Crippen LogP contribution in [0.15, 0.2) is 24.4 Å². The van der Waals surface area contributed by atoms with Gasteiger partial charge in [0, 0.05) is 23.5 Å². The largest absolute Gasteiger partial charge is 0.361 e. The van der Waals surface area contributed by atoms with E-state index in [0.29, 0.717) is 5.39 Å². The van der Waals surface area contributed by atoms with Crippen LogP contribution in [0.2, 0.25) is 0 Å². The normalized spacial score (nSPS) is 10.7. The lowest BCUT2D eigenvalue weighted by Crippen LogP contribution is -1.95. The van der Waals surface area contributed by atoms with Crippen molar-refractivity contribution in [3.8, 4) is 0 Å². The maximum atomic E-state index is 13.4. The zero-order valence-corrected chi connectivity index (χ0v) is 7.80. The van der Waals surface area contributed by atoms with Gasteiger partial charge in [0.25, 0.3) is 0 Å². The predicted molar refractivity (Wildman–Crippen MR) is 52.6 cm³/mol. The third kappa shape index (κ3) is 1.41. The first-order chi connectivity index (χ1) is 6.68. The summed E-state index contributed by atoms with van der Waals surface area (Å²) in [6.07, 6.45) is 1.97. The first-order valence-corrected chi connectivity index (χ1v) is 4.42. The van der Waals surface area contributed by atoms with Crippen LogP contribution in [0.25, 0.3) is 10.9 Å². The summed E-state index contributed by atoms with van der Waals surface area (Å²) in [5, 5.41) is 0.530. The first-order valence-electron chi connectivity index (χ1n) is 4.42. The molecule has 0 radical (unpaired) electrons. The molecule has 0 amide bonds. The number of carbonyl (C=O) groups is 1. The Morgan fingerprint density at radius 3 is 3.00 bits per heavy atom. The van der Waals surface area contributed by atoms with Crippen LogP contribution in [0.3, 0.4) is 0 Å². The number of halogens is 1. The van der Waals surface area contributed by atoms with Gasteiger partial charge < -0.3 is 4.98 Å². The summed E-state index contributed by atoms with van der Waals surface area (Å²) >= 11 is 0. The molecular weight excluding hydrogens is 181 g/mol. The molecule has 1 aromatic carbocycles. The number of ketones is 1. The van der Waals surface area contributed by atoms with Crippen molar-refractivity contribution in [1.29, 1.82) is 0 Å². The van der Waals surface area contributed by atoms with Crippen LogP contribution in [0.4, 0.5) is 4.39 Å². The lowest BCUT2D eigenvalue weighted by Gasteiger charge is -1.96. The highest BCUT2D eigenvalue weighted by Crippen LogP contribution is 2.21. The monoisotopic (exact) mass is 191 g/mol. The van der Waals surface area contributed by atoms with E-state index in [0.717, 1.165) is 11.1 Å². The fraction of sp³-hybridized carbons (Fsp3) is 0.182. The molecule has 0 aliphatic rings. The summed E-state index contributed by atoms with van der Waals surface area (Å²) < 4.78 is 13.4. The van der Waals surface area contributed by atoms with E-state index in [1.54, 1.807) is 18.3 Å². The molecule has 2 nitrogen and oxygen atoms in total. The standard InChI is InChI=1S/C11H10FNO/c1-7(14)5-8-6-13-10-4-2-3-9(12)11(8)10/h2-4,6,13H,5H2,1H3. The van der Waals surface area contributed by atoms with Crippen molar-refractivity contribution in [1.82, 2.24) is 4.98 Å². The van der Waals surface area contributed by atoms with Crippen LogP contribution < -0.4 is 0 Å². The maximum absolute atomic E-state index is 13.4. The number of hydrogen-bond donors (Lipinski definition) is 1. The molecule has 0 bridgehead atoms. The van der Waals surface area contributed by atoms with Gasteiger partial charge in [-0.3, -0.25) is 4.79 Å². The van der Waals surface area contributed by atoms with E-state index in [1.807, 2.05) is 0 Å². The molecule has 0 fully saturated rings. The smallest absolute Gasteiger partial charge is 0.134 e. The Balaban J connectivity index is 2.61. The summed E-state index contributed by atoms with van der Waals surface area (Å²) in [4.78, 5) is 13.9. The molecule has 0 unspecified atom stereocenters. The number of carbonyl (C=O) groups excluding carboxylic acids is 1. The number of fused-ring (bicyclic) bond motifs is 1. The van der Waals surface area contributed by atoms with E-state index in [4.69, 9.17) is 0 Å². The number of rotatable bonds is 2. The van der Waals surface area contributed by atoms with Crippen molar-refractivity contribution in [2.75, 3.05) is 0 Å². The minimum Gasteiger partial charge on any atom is -0.361 e. The van der Waals surface area contributed by atoms with Crippen LogP contribution in [-0.2, 0) is 11.2 Å². The van der Waals surface area contributed by atoms with Crippen molar-refractivity contribution >= 4 is 16.7 Å². The number of aromatic nitrogens is 1. The van der Waals surface area contributed by atoms with Crippen molar-refractivity contribution in [2.24, 2.45) is 0 Å². The van der Waals surface area contributed by atoms with Gasteiger partial charge in [0.15, 0.2) is 0 Å².